The van der Waals surface area contributed by atoms with E-state index in [9.17, 15) is 8.42 Å². The molecule has 0 atom stereocenters. The van der Waals surface area contributed by atoms with Crippen LogP contribution in [-0.4, -0.2) is 25.7 Å². The molecule has 3 N–H and O–H groups in total. The van der Waals surface area contributed by atoms with Crippen LogP contribution in [0.15, 0.2) is 28.6 Å². The van der Waals surface area contributed by atoms with Gasteiger partial charge < -0.3 is 10.5 Å². The van der Waals surface area contributed by atoms with Crippen LogP contribution in [0.1, 0.15) is 5.56 Å². The third kappa shape index (κ3) is 3.19. The highest BCUT2D eigenvalue weighted by Gasteiger charge is 2.20. The number of nitrogens with zero attached hydrogens (tertiary/aromatic N) is 2. The van der Waals surface area contributed by atoms with Crippen molar-refractivity contribution in [1.82, 2.24) is 10.2 Å². The highest BCUT2D eigenvalue weighted by atomic mass is 32.2. The number of sulfonamides is 1. The molecule has 0 fully saturated rings. The maximum absolute atomic E-state index is 12.1. The average molecular weight is 300 g/mol. The standard InChI is InChI=1S/C10H12N4O3S2/c1-17-6-7-4-2-3-5-8(7)14-19(15,16)10-13-12-9(11)18-10/h2-5,14H,6H2,1H3,(H2,11,12). The van der Waals surface area contributed by atoms with Gasteiger partial charge in [0, 0.05) is 12.7 Å². The van der Waals surface area contributed by atoms with E-state index in [0.29, 0.717) is 12.3 Å². The van der Waals surface area contributed by atoms with Gasteiger partial charge in [-0.2, -0.15) is 8.42 Å². The summed E-state index contributed by atoms with van der Waals surface area (Å²) in [5.41, 5.74) is 6.55. The first-order valence-electron chi connectivity index (χ1n) is 5.21. The Bertz CT molecular complexity index is 669. The lowest BCUT2D eigenvalue weighted by Crippen LogP contribution is -2.14. The fourth-order valence-electron chi connectivity index (χ4n) is 1.42. The van der Waals surface area contributed by atoms with Gasteiger partial charge in [0.15, 0.2) is 0 Å². The number of para-hydroxylation sites is 1. The van der Waals surface area contributed by atoms with E-state index in [0.717, 1.165) is 16.9 Å². The van der Waals surface area contributed by atoms with Gasteiger partial charge in [0.2, 0.25) is 5.13 Å². The number of nitrogens with two attached hydrogens (primary N) is 1. The lowest BCUT2D eigenvalue weighted by Gasteiger charge is -2.10. The predicted molar refractivity (Wildman–Crippen MR) is 72.3 cm³/mol. The van der Waals surface area contributed by atoms with Crippen LogP contribution in [0.2, 0.25) is 0 Å². The van der Waals surface area contributed by atoms with E-state index < -0.39 is 10.0 Å². The average Bonchev–Trinajstić information content (AvgIpc) is 2.79. The zero-order valence-electron chi connectivity index (χ0n) is 10.0. The highest BCUT2D eigenvalue weighted by Crippen LogP contribution is 2.23. The second kappa shape index (κ2) is 5.51. The number of nitrogen functional groups attached to an aromatic ring is 1. The molecular formula is C10H12N4O3S2. The van der Waals surface area contributed by atoms with Gasteiger partial charge in [-0.05, 0) is 6.07 Å². The molecule has 102 valence electrons. The van der Waals surface area contributed by atoms with Crippen molar-refractivity contribution in [3.05, 3.63) is 29.8 Å². The van der Waals surface area contributed by atoms with Crippen LogP contribution in [0.25, 0.3) is 0 Å². The maximum atomic E-state index is 12.1. The van der Waals surface area contributed by atoms with E-state index in [1.165, 1.54) is 7.11 Å². The molecule has 0 bridgehead atoms. The molecule has 0 radical (unpaired) electrons. The second-order valence-corrected chi connectivity index (χ2v) is 6.47. The minimum Gasteiger partial charge on any atom is -0.380 e. The maximum Gasteiger partial charge on any atom is 0.291 e. The molecule has 1 aromatic heterocycles. The molecule has 2 aromatic rings. The van der Waals surface area contributed by atoms with E-state index in [1.54, 1.807) is 24.3 Å². The first kappa shape index (κ1) is 13.7. The molecule has 0 aliphatic carbocycles. The smallest absolute Gasteiger partial charge is 0.291 e. The molecule has 0 saturated heterocycles. The lowest BCUT2D eigenvalue weighted by molar-refractivity contribution is 0.185. The van der Waals surface area contributed by atoms with Crippen LogP contribution in [0.4, 0.5) is 10.8 Å². The van der Waals surface area contributed by atoms with Crippen molar-refractivity contribution in [3.8, 4) is 0 Å². The van der Waals surface area contributed by atoms with Gasteiger partial charge in [0.25, 0.3) is 14.4 Å². The Morgan fingerprint density at radius 1 is 1.37 bits per heavy atom. The summed E-state index contributed by atoms with van der Waals surface area (Å²) in [4.78, 5) is 0. The summed E-state index contributed by atoms with van der Waals surface area (Å²) in [6.07, 6.45) is 0. The van der Waals surface area contributed by atoms with Gasteiger partial charge in [-0.1, -0.05) is 29.5 Å². The third-order valence-electron chi connectivity index (χ3n) is 2.21. The number of hydrogen-bond donors (Lipinski definition) is 2. The third-order valence-corrected chi connectivity index (χ3v) is 4.70. The lowest BCUT2D eigenvalue weighted by atomic mass is 10.2. The molecule has 9 heteroatoms. The predicted octanol–water partition coefficient (Wildman–Crippen LogP) is 1.07. The molecular weight excluding hydrogens is 288 g/mol. The van der Waals surface area contributed by atoms with Crippen molar-refractivity contribution in [1.29, 1.82) is 0 Å². The first-order valence-corrected chi connectivity index (χ1v) is 7.51. The second-order valence-electron chi connectivity index (χ2n) is 3.60. The number of aromatic nitrogens is 2. The number of hydrogen-bond acceptors (Lipinski definition) is 7. The van der Waals surface area contributed by atoms with E-state index in [4.69, 9.17) is 10.5 Å². The molecule has 1 aromatic carbocycles. The van der Waals surface area contributed by atoms with Crippen molar-refractivity contribution in [2.45, 2.75) is 10.9 Å². The molecule has 0 saturated carbocycles. The van der Waals surface area contributed by atoms with E-state index in [2.05, 4.69) is 14.9 Å². The van der Waals surface area contributed by atoms with E-state index in [-0.39, 0.29) is 9.47 Å². The number of ether oxygens (including phenoxy) is 1. The van der Waals surface area contributed by atoms with Crippen LogP contribution in [0, 0.1) is 0 Å². The zero-order valence-corrected chi connectivity index (χ0v) is 11.7. The Labute approximate surface area is 114 Å². The van der Waals surface area contributed by atoms with Gasteiger partial charge >= 0.3 is 0 Å². The van der Waals surface area contributed by atoms with Crippen molar-refractivity contribution < 1.29 is 13.2 Å². The fourth-order valence-corrected chi connectivity index (χ4v) is 3.31. The van der Waals surface area contributed by atoms with E-state index in [1.807, 2.05) is 0 Å². The number of benzene rings is 1. The summed E-state index contributed by atoms with van der Waals surface area (Å²) in [5.74, 6) is 0. The Balaban J connectivity index is 2.30. The highest BCUT2D eigenvalue weighted by molar-refractivity contribution is 7.94. The summed E-state index contributed by atoms with van der Waals surface area (Å²) in [6.45, 7) is 0.303. The molecule has 7 nitrogen and oxygen atoms in total. The molecule has 0 unspecified atom stereocenters. The zero-order chi connectivity index (χ0) is 13.9. The van der Waals surface area contributed by atoms with Crippen LogP contribution in [0.5, 0.6) is 0 Å². The Kier molecular flexibility index (Phi) is 3.98. The van der Waals surface area contributed by atoms with Crippen LogP contribution in [-0.2, 0) is 21.4 Å². The van der Waals surface area contributed by atoms with Gasteiger partial charge in [-0.25, -0.2) is 0 Å². The van der Waals surface area contributed by atoms with Gasteiger partial charge in [0.05, 0.1) is 12.3 Å². The Hall–Kier alpha value is -1.71. The molecule has 1 heterocycles. The Morgan fingerprint density at radius 2 is 2.11 bits per heavy atom. The Morgan fingerprint density at radius 3 is 2.74 bits per heavy atom. The summed E-state index contributed by atoms with van der Waals surface area (Å²) in [6, 6.07) is 6.95. The first-order chi connectivity index (χ1) is 9.03. The number of rotatable bonds is 5. The van der Waals surface area contributed by atoms with Crippen molar-refractivity contribution in [3.63, 3.8) is 0 Å². The van der Waals surface area contributed by atoms with Crippen molar-refractivity contribution in [2.75, 3.05) is 17.6 Å². The summed E-state index contributed by atoms with van der Waals surface area (Å²) in [7, 11) is -2.24. The van der Waals surface area contributed by atoms with Crippen molar-refractivity contribution >= 4 is 32.2 Å². The normalized spacial score (nSPS) is 11.4. The van der Waals surface area contributed by atoms with Crippen LogP contribution >= 0.6 is 11.3 Å². The van der Waals surface area contributed by atoms with Gasteiger partial charge in [-0.15, -0.1) is 10.2 Å². The van der Waals surface area contributed by atoms with E-state index >= 15 is 0 Å². The topological polar surface area (TPSA) is 107 Å². The van der Waals surface area contributed by atoms with Crippen LogP contribution < -0.4 is 10.5 Å². The quantitative estimate of drug-likeness (QED) is 0.855. The molecule has 0 aliphatic rings. The summed E-state index contributed by atoms with van der Waals surface area (Å²) in [5, 5.41) is 7.11. The molecule has 0 spiro atoms. The fraction of sp³-hybridized carbons (Fsp3) is 0.200. The SMILES string of the molecule is COCc1ccccc1NS(=O)(=O)c1nnc(N)s1. The largest absolute Gasteiger partial charge is 0.380 e. The molecule has 2 rings (SSSR count). The minimum absolute atomic E-state index is 0.102. The molecule has 19 heavy (non-hydrogen) atoms. The summed E-state index contributed by atoms with van der Waals surface area (Å²) < 4.78 is 31.4. The number of anilines is 2. The number of methoxy groups -OCH3 is 1. The van der Waals surface area contributed by atoms with Gasteiger partial charge in [-0.3, -0.25) is 4.72 Å². The van der Waals surface area contributed by atoms with Gasteiger partial charge in [0.1, 0.15) is 0 Å². The minimum atomic E-state index is -3.77. The summed E-state index contributed by atoms with van der Waals surface area (Å²) >= 11 is 0.807. The van der Waals surface area contributed by atoms with Crippen molar-refractivity contribution in [2.24, 2.45) is 0 Å². The van der Waals surface area contributed by atoms with Crippen LogP contribution in [0.3, 0.4) is 0 Å². The molecule has 0 amide bonds. The number of nitrogens with one attached hydrogen (secondary N) is 1. The monoisotopic (exact) mass is 300 g/mol. The molecule has 0 aliphatic heterocycles.